The van der Waals surface area contributed by atoms with Crippen molar-refractivity contribution in [2.75, 3.05) is 12.3 Å². The van der Waals surface area contributed by atoms with E-state index in [9.17, 15) is 33.0 Å². The van der Waals surface area contributed by atoms with Gasteiger partial charge in [0.05, 0.1) is 6.61 Å². The lowest BCUT2D eigenvalue weighted by molar-refractivity contribution is -0.140. The van der Waals surface area contributed by atoms with Gasteiger partial charge in [0, 0.05) is 0 Å². The van der Waals surface area contributed by atoms with Crippen LogP contribution < -0.4 is 17.0 Å². The summed E-state index contributed by atoms with van der Waals surface area (Å²) in [6.45, 7) is -2.51. The Morgan fingerprint density at radius 3 is 2.46 bits per heavy atom. The first-order chi connectivity index (χ1) is 12.0. The Bertz CT molecular complexity index is 950. The first-order valence-electron chi connectivity index (χ1n) is 7.25. The van der Waals surface area contributed by atoms with E-state index >= 15 is 0 Å². The Balaban J connectivity index is 2.28. The Morgan fingerprint density at radius 1 is 1.27 bits per heavy atom. The van der Waals surface area contributed by atoms with E-state index in [1.54, 1.807) is 0 Å². The molecule has 144 valence electrons. The number of ether oxygens (including phenoxy) is 1. The van der Waals surface area contributed by atoms with Crippen LogP contribution in [0.1, 0.15) is 6.23 Å². The maximum atomic E-state index is 12.8. The molecule has 4 atom stereocenters. The third-order valence-electron chi connectivity index (χ3n) is 3.94. The number of fused-ring (bicyclic) bond motifs is 1. The number of nitrogens with one attached hydrogen (secondary N) is 1. The highest BCUT2D eigenvalue weighted by molar-refractivity contribution is 5.71. The van der Waals surface area contributed by atoms with Crippen LogP contribution in [0.3, 0.4) is 0 Å². The number of aromatic nitrogens is 4. The number of nitrogens with zero attached hydrogens (tertiary/aromatic N) is 3. The van der Waals surface area contributed by atoms with Gasteiger partial charge in [-0.3, -0.25) is 14.3 Å². The second kappa shape index (κ2) is 6.08. The molecule has 6 N–H and O–H groups in total. The second-order valence-corrected chi connectivity index (χ2v) is 5.71. The zero-order valence-corrected chi connectivity index (χ0v) is 12.8. The fourth-order valence-corrected chi connectivity index (χ4v) is 2.85. The molecule has 1 fully saturated rings. The van der Waals surface area contributed by atoms with Crippen molar-refractivity contribution < 1.29 is 33.2 Å². The number of rotatable bonds is 3. The normalized spacial score (nSPS) is 26.7. The predicted molar refractivity (Wildman–Crippen MR) is 78.1 cm³/mol. The fraction of sp³-hybridized carbons (Fsp3) is 0.583. The molecule has 1 saturated heterocycles. The molecule has 11 nitrogen and oxygen atoms in total. The number of alkyl halides is 3. The molecule has 0 aromatic carbocycles. The summed E-state index contributed by atoms with van der Waals surface area (Å²) in [6, 6.07) is 0. The van der Waals surface area contributed by atoms with Crippen molar-refractivity contribution in [3.05, 3.63) is 20.8 Å². The number of aromatic amines is 1. The van der Waals surface area contributed by atoms with Crippen molar-refractivity contribution in [1.82, 2.24) is 19.1 Å². The second-order valence-electron chi connectivity index (χ2n) is 5.71. The van der Waals surface area contributed by atoms with Crippen molar-refractivity contribution >= 4 is 17.1 Å². The van der Waals surface area contributed by atoms with Crippen molar-refractivity contribution in [2.24, 2.45) is 0 Å². The minimum Gasteiger partial charge on any atom is -0.394 e. The van der Waals surface area contributed by atoms with E-state index < -0.39 is 72.2 Å². The van der Waals surface area contributed by atoms with E-state index in [0.717, 1.165) is 0 Å². The average Bonchev–Trinajstić information content (AvgIpc) is 2.94. The third kappa shape index (κ3) is 2.86. The van der Waals surface area contributed by atoms with E-state index in [4.69, 9.17) is 15.6 Å². The van der Waals surface area contributed by atoms with Crippen molar-refractivity contribution in [2.45, 2.75) is 37.3 Å². The lowest BCUT2D eigenvalue weighted by Gasteiger charge is -2.15. The molecule has 2 aromatic rings. The van der Waals surface area contributed by atoms with Crippen LogP contribution in [-0.4, -0.2) is 65.5 Å². The van der Waals surface area contributed by atoms with Gasteiger partial charge in [0.15, 0.2) is 17.4 Å². The van der Waals surface area contributed by atoms with Crippen molar-refractivity contribution in [3.63, 3.8) is 0 Å². The highest BCUT2D eigenvalue weighted by atomic mass is 19.4. The number of H-pyrrole nitrogens is 1. The maximum Gasteiger partial charge on any atom is 0.406 e. The molecular formula is C12H14F3N5O6. The largest absolute Gasteiger partial charge is 0.406 e. The van der Waals surface area contributed by atoms with Crippen LogP contribution >= 0.6 is 0 Å². The maximum absolute atomic E-state index is 12.8. The minimum atomic E-state index is -4.83. The summed E-state index contributed by atoms with van der Waals surface area (Å²) in [5.74, 6) is -0.479. The summed E-state index contributed by atoms with van der Waals surface area (Å²) in [5, 5.41) is 29.0. The number of anilines is 1. The summed E-state index contributed by atoms with van der Waals surface area (Å²) in [6.07, 6.45) is -11.2. The number of aliphatic hydroxyl groups excluding tert-OH is 3. The molecule has 1 aliphatic heterocycles. The minimum absolute atomic E-state index is 0.120. The highest BCUT2D eigenvalue weighted by Crippen LogP contribution is 2.30. The van der Waals surface area contributed by atoms with Crippen LogP contribution in [0.15, 0.2) is 9.59 Å². The van der Waals surface area contributed by atoms with Gasteiger partial charge in [-0.25, -0.2) is 9.36 Å². The quantitative estimate of drug-likeness (QED) is 0.393. The summed E-state index contributed by atoms with van der Waals surface area (Å²) in [5.41, 5.74) is 1.66. The van der Waals surface area contributed by atoms with Crippen LogP contribution in [0, 0.1) is 0 Å². The van der Waals surface area contributed by atoms with Crippen LogP contribution in [-0.2, 0) is 11.3 Å². The average molecular weight is 381 g/mol. The number of halogens is 3. The topological polar surface area (TPSA) is 169 Å². The fourth-order valence-electron chi connectivity index (χ4n) is 2.85. The molecule has 1 aliphatic rings. The molecule has 3 heterocycles. The van der Waals surface area contributed by atoms with Crippen LogP contribution in [0.2, 0.25) is 0 Å². The van der Waals surface area contributed by atoms with Gasteiger partial charge in [-0.1, -0.05) is 0 Å². The third-order valence-corrected chi connectivity index (χ3v) is 3.94. The monoisotopic (exact) mass is 381 g/mol. The first kappa shape index (κ1) is 18.4. The lowest BCUT2D eigenvalue weighted by atomic mass is 10.1. The summed E-state index contributed by atoms with van der Waals surface area (Å²) >= 11 is 0. The molecule has 0 bridgehead atoms. The van der Waals surface area contributed by atoms with Gasteiger partial charge < -0.3 is 25.8 Å². The SMILES string of the molecule is Nc1nc2c(c(=O)[nH]1)n(CC(F)(F)F)c(=O)n2[C@@H]1O[C@H](CO)C(O)[C@@H]1O. The van der Waals surface area contributed by atoms with Gasteiger partial charge in [0.25, 0.3) is 5.56 Å². The number of nitrogens with two attached hydrogens (primary N) is 1. The standard InChI is InChI=1S/C12H14F3N5O6/c13-12(14,15)2-19-4-7(17-10(16)18-8(4)24)20(11(19)25)9-6(23)5(22)3(1-21)26-9/h3,5-6,9,21-23H,1-2H2,(H3,16,17,18,24)/t3-,5?,6+,9-/m1/s1. The molecular weight excluding hydrogens is 367 g/mol. The molecule has 14 heteroatoms. The molecule has 0 amide bonds. The van der Waals surface area contributed by atoms with E-state index in [-0.39, 0.29) is 4.57 Å². The lowest BCUT2D eigenvalue weighted by Crippen LogP contribution is -2.37. The van der Waals surface area contributed by atoms with Gasteiger partial charge in [0.1, 0.15) is 24.9 Å². The molecule has 3 rings (SSSR count). The van der Waals surface area contributed by atoms with Crippen molar-refractivity contribution in [1.29, 1.82) is 0 Å². The molecule has 1 unspecified atom stereocenters. The van der Waals surface area contributed by atoms with Gasteiger partial charge in [-0.2, -0.15) is 18.2 Å². The predicted octanol–water partition coefficient (Wildman–Crippen LogP) is -2.36. The smallest absolute Gasteiger partial charge is 0.394 e. The molecule has 0 radical (unpaired) electrons. The van der Waals surface area contributed by atoms with Gasteiger partial charge in [-0.05, 0) is 0 Å². The number of hydrogen-bond acceptors (Lipinski definition) is 8. The number of hydrogen-bond donors (Lipinski definition) is 5. The van der Waals surface area contributed by atoms with E-state index in [0.29, 0.717) is 4.57 Å². The van der Waals surface area contributed by atoms with E-state index in [2.05, 4.69) is 4.98 Å². The highest BCUT2D eigenvalue weighted by Gasteiger charge is 2.45. The van der Waals surface area contributed by atoms with Crippen LogP contribution in [0.5, 0.6) is 0 Å². The van der Waals surface area contributed by atoms with Gasteiger partial charge in [-0.15, -0.1) is 0 Å². The van der Waals surface area contributed by atoms with Gasteiger partial charge in [0.2, 0.25) is 5.95 Å². The molecule has 0 spiro atoms. The van der Waals surface area contributed by atoms with E-state index in [1.165, 1.54) is 0 Å². The first-order valence-corrected chi connectivity index (χ1v) is 7.25. The summed E-state index contributed by atoms with van der Waals surface area (Å²) in [4.78, 5) is 30.2. The van der Waals surface area contributed by atoms with Crippen LogP contribution in [0.25, 0.3) is 11.2 Å². The zero-order chi connectivity index (χ0) is 19.4. The van der Waals surface area contributed by atoms with Gasteiger partial charge >= 0.3 is 11.9 Å². The number of imidazole rings is 1. The zero-order valence-electron chi connectivity index (χ0n) is 12.8. The summed E-state index contributed by atoms with van der Waals surface area (Å²) < 4.78 is 44.2. The Kier molecular flexibility index (Phi) is 4.30. The Labute approximate surface area is 141 Å². The van der Waals surface area contributed by atoms with E-state index in [1.807, 2.05) is 4.98 Å². The molecule has 2 aromatic heterocycles. The molecule has 0 saturated carbocycles. The number of nitrogen functional groups attached to an aromatic ring is 1. The number of aliphatic hydroxyl groups is 3. The molecule has 26 heavy (non-hydrogen) atoms. The molecule has 0 aliphatic carbocycles. The summed E-state index contributed by atoms with van der Waals surface area (Å²) in [7, 11) is 0. The van der Waals surface area contributed by atoms with Crippen LogP contribution in [0.4, 0.5) is 19.1 Å². The Hall–Kier alpha value is -2.42. The Morgan fingerprint density at radius 2 is 1.92 bits per heavy atom. The van der Waals surface area contributed by atoms with Crippen molar-refractivity contribution in [3.8, 4) is 0 Å².